The Morgan fingerprint density at radius 2 is 1.29 bits per heavy atom. The van der Waals surface area contributed by atoms with Gasteiger partial charge in [0.15, 0.2) is 5.69 Å². The molecule has 0 amide bonds. The molecule has 118 valence electrons. The fraction of sp³-hybridized carbons (Fsp3) is 0.182. The lowest BCUT2D eigenvalue weighted by Crippen LogP contribution is -2.36. The van der Waals surface area contributed by atoms with Crippen LogP contribution in [0.15, 0.2) is 54.6 Å². The van der Waals surface area contributed by atoms with Crippen LogP contribution in [0.2, 0.25) is 0 Å². The second kappa shape index (κ2) is 6.29. The molecule has 1 heterocycles. The highest BCUT2D eigenvalue weighted by Crippen LogP contribution is 2.29. The van der Waals surface area contributed by atoms with Crippen LogP contribution in [0.4, 0.5) is 0 Å². The zero-order valence-electron chi connectivity index (χ0n) is 14.6. The highest BCUT2D eigenvalue weighted by Gasteiger charge is 2.21. The maximum absolute atomic E-state index is 9.67. The lowest BCUT2D eigenvalue weighted by Gasteiger charge is -2.10. The Kier molecular flexibility index (Phi) is 4.18. The van der Waals surface area contributed by atoms with E-state index in [1.165, 1.54) is 11.1 Å². The first-order valence-corrected chi connectivity index (χ1v) is 8.09. The molecule has 0 spiro atoms. The molecule has 0 aliphatic rings. The minimum absolute atomic E-state index is 0.734. The van der Waals surface area contributed by atoms with Crippen molar-refractivity contribution in [2.24, 2.45) is 7.05 Å². The van der Waals surface area contributed by atoms with E-state index < -0.39 is 0 Å². The maximum Gasteiger partial charge on any atom is 0.213 e. The van der Waals surface area contributed by atoms with Crippen LogP contribution in [0, 0.1) is 32.1 Å². The molecule has 0 atom stereocenters. The van der Waals surface area contributed by atoms with Gasteiger partial charge in [0.05, 0.1) is 0 Å². The SMILES string of the molecule is Cc1ccc(-c2cc(-c3ccc(C)cc3)[n+](C)c(C)c2C#N)cc1. The van der Waals surface area contributed by atoms with Crippen molar-refractivity contribution < 1.29 is 4.57 Å². The number of nitriles is 1. The summed E-state index contributed by atoms with van der Waals surface area (Å²) < 4.78 is 2.10. The fourth-order valence-corrected chi connectivity index (χ4v) is 2.95. The lowest BCUT2D eigenvalue weighted by atomic mass is 9.96. The molecule has 24 heavy (non-hydrogen) atoms. The van der Waals surface area contributed by atoms with Gasteiger partial charge >= 0.3 is 0 Å². The van der Waals surface area contributed by atoms with Gasteiger partial charge in [-0.1, -0.05) is 47.5 Å². The standard InChI is InChI=1S/C22H21N2/c1-15-5-9-18(10-6-15)20-13-22(19-11-7-16(2)8-12-19)24(4)17(3)21(20)14-23/h5-13H,1-4H3/q+1. The normalized spacial score (nSPS) is 10.5. The molecule has 0 saturated heterocycles. The molecule has 0 aliphatic heterocycles. The second-order valence-corrected chi connectivity index (χ2v) is 6.31. The molecule has 3 rings (SSSR count). The van der Waals surface area contributed by atoms with Crippen LogP contribution in [0.1, 0.15) is 22.4 Å². The molecule has 3 aromatic rings. The van der Waals surface area contributed by atoms with E-state index >= 15 is 0 Å². The molecule has 0 bridgehead atoms. The average Bonchev–Trinajstić information content (AvgIpc) is 2.59. The van der Waals surface area contributed by atoms with Crippen LogP contribution in [-0.2, 0) is 7.05 Å². The van der Waals surface area contributed by atoms with E-state index in [4.69, 9.17) is 0 Å². The van der Waals surface area contributed by atoms with Gasteiger partial charge in [-0.2, -0.15) is 9.83 Å². The van der Waals surface area contributed by atoms with Crippen molar-refractivity contribution in [3.05, 3.63) is 77.0 Å². The van der Waals surface area contributed by atoms with Gasteiger partial charge in [-0.25, -0.2) is 0 Å². The van der Waals surface area contributed by atoms with Crippen LogP contribution in [0.3, 0.4) is 0 Å². The van der Waals surface area contributed by atoms with Gasteiger partial charge in [-0.05, 0) is 31.5 Å². The van der Waals surface area contributed by atoms with E-state index in [1.54, 1.807) is 0 Å². The van der Waals surface area contributed by atoms with E-state index in [9.17, 15) is 5.26 Å². The van der Waals surface area contributed by atoms with E-state index in [1.807, 2.05) is 14.0 Å². The molecule has 0 N–H and O–H groups in total. The first-order valence-electron chi connectivity index (χ1n) is 8.09. The second-order valence-electron chi connectivity index (χ2n) is 6.31. The zero-order chi connectivity index (χ0) is 17.3. The number of aromatic nitrogens is 1. The van der Waals surface area contributed by atoms with Gasteiger partial charge in [-0.3, -0.25) is 0 Å². The fourth-order valence-electron chi connectivity index (χ4n) is 2.95. The van der Waals surface area contributed by atoms with Crippen LogP contribution >= 0.6 is 0 Å². The van der Waals surface area contributed by atoms with Crippen LogP contribution in [0.25, 0.3) is 22.4 Å². The quantitative estimate of drug-likeness (QED) is 0.633. The van der Waals surface area contributed by atoms with Gasteiger partial charge < -0.3 is 0 Å². The van der Waals surface area contributed by atoms with Crippen molar-refractivity contribution in [2.45, 2.75) is 20.8 Å². The minimum atomic E-state index is 0.734. The predicted octanol–water partition coefficient (Wildman–Crippen LogP) is 4.64. The van der Waals surface area contributed by atoms with Crippen molar-refractivity contribution in [3.8, 4) is 28.5 Å². The Morgan fingerprint density at radius 1 is 0.792 bits per heavy atom. The smallest absolute Gasteiger partial charge is 0.197 e. The molecule has 1 aromatic heterocycles. The molecule has 0 saturated carbocycles. The highest BCUT2D eigenvalue weighted by atomic mass is 14.9. The zero-order valence-corrected chi connectivity index (χ0v) is 14.6. The number of pyridine rings is 1. The maximum atomic E-state index is 9.67. The van der Waals surface area contributed by atoms with Gasteiger partial charge in [0.25, 0.3) is 0 Å². The monoisotopic (exact) mass is 313 g/mol. The van der Waals surface area contributed by atoms with Crippen LogP contribution < -0.4 is 4.57 Å². The summed E-state index contributed by atoms with van der Waals surface area (Å²) in [7, 11) is 2.02. The van der Waals surface area contributed by atoms with Gasteiger partial charge in [0.2, 0.25) is 5.69 Å². The first-order chi connectivity index (χ1) is 11.5. The van der Waals surface area contributed by atoms with Crippen molar-refractivity contribution in [1.29, 1.82) is 5.26 Å². The Hall–Kier alpha value is -2.92. The largest absolute Gasteiger partial charge is 0.213 e. The third-order valence-electron chi connectivity index (χ3n) is 4.60. The summed E-state index contributed by atoms with van der Waals surface area (Å²) in [6.07, 6.45) is 0. The summed E-state index contributed by atoms with van der Waals surface area (Å²) in [5.74, 6) is 0. The molecule has 0 fully saturated rings. The Bertz CT molecular complexity index is 928. The summed E-state index contributed by atoms with van der Waals surface area (Å²) in [5, 5.41) is 9.67. The van der Waals surface area contributed by atoms with E-state index in [0.717, 1.165) is 33.6 Å². The summed E-state index contributed by atoms with van der Waals surface area (Å²) in [5.41, 5.74) is 8.51. The number of nitrogens with zero attached hydrogens (tertiary/aromatic N) is 2. The molecule has 0 aliphatic carbocycles. The van der Waals surface area contributed by atoms with E-state index in [2.05, 4.69) is 79.1 Å². The van der Waals surface area contributed by atoms with E-state index in [-0.39, 0.29) is 0 Å². The summed E-state index contributed by atoms with van der Waals surface area (Å²) in [6.45, 7) is 6.17. The lowest BCUT2D eigenvalue weighted by molar-refractivity contribution is -0.666. The summed E-state index contributed by atoms with van der Waals surface area (Å²) in [6, 6.07) is 21.4. The van der Waals surface area contributed by atoms with E-state index in [0.29, 0.717) is 0 Å². The molecule has 0 radical (unpaired) electrons. The molecule has 2 nitrogen and oxygen atoms in total. The van der Waals surface area contributed by atoms with Crippen molar-refractivity contribution in [3.63, 3.8) is 0 Å². The third-order valence-corrected chi connectivity index (χ3v) is 4.60. The third kappa shape index (κ3) is 2.81. The number of hydrogen-bond acceptors (Lipinski definition) is 1. The summed E-state index contributed by atoms with van der Waals surface area (Å²) >= 11 is 0. The van der Waals surface area contributed by atoms with Crippen molar-refractivity contribution >= 4 is 0 Å². The van der Waals surface area contributed by atoms with Crippen LogP contribution in [-0.4, -0.2) is 0 Å². The Labute approximate surface area is 143 Å². The molecule has 2 heteroatoms. The average molecular weight is 313 g/mol. The number of aryl methyl sites for hydroxylation is 2. The minimum Gasteiger partial charge on any atom is -0.197 e. The topological polar surface area (TPSA) is 27.7 Å². The number of benzene rings is 2. The Morgan fingerprint density at radius 3 is 1.79 bits per heavy atom. The molecular weight excluding hydrogens is 292 g/mol. The van der Waals surface area contributed by atoms with Gasteiger partial charge in [0.1, 0.15) is 18.7 Å². The summed E-state index contributed by atoms with van der Waals surface area (Å²) in [4.78, 5) is 0. The van der Waals surface area contributed by atoms with Gasteiger partial charge in [-0.15, -0.1) is 0 Å². The molecular formula is C22H21N2+. The molecule has 0 unspecified atom stereocenters. The predicted molar refractivity (Wildman–Crippen MR) is 97.4 cm³/mol. The van der Waals surface area contributed by atoms with Gasteiger partial charge in [0, 0.05) is 24.1 Å². The van der Waals surface area contributed by atoms with Crippen molar-refractivity contribution in [1.82, 2.24) is 0 Å². The highest BCUT2D eigenvalue weighted by molar-refractivity contribution is 5.75. The number of rotatable bonds is 2. The first kappa shape index (κ1) is 16.0. The number of hydrogen-bond donors (Lipinski definition) is 0. The van der Waals surface area contributed by atoms with Crippen molar-refractivity contribution in [2.75, 3.05) is 0 Å². The molecule has 2 aromatic carbocycles. The Balaban J connectivity index is 2.27. The van der Waals surface area contributed by atoms with Crippen LogP contribution in [0.5, 0.6) is 0 Å².